The Balaban J connectivity index is 3.92. The summed E-state index contributed by atoms with van der Waals surface area (Å²) < 4.78 is 4.54. The van der Waals surface area contributed by atoms with Gasteiger partial charge in [-0.05, 0) is 6.92 Å². The maximum Gasteiger partial charge on any atom is 0.411 e. The van der Waals surface area contributed by atoms with Crippen LogP contribution in [0.4, 0.5) is 4.79 Å². The van der Waals surface area contributed by atoms with E-state index in [-0.39, 0.29) is 5.67 Å². The highest BCUT2D eigenvalue weighted by atomic mass is 28.3. The number of rotatable bonds is 3. The fourth-order valence-electron chi connectivity index (χ4n) is 0.503. The van der Waals surface area contributed by atoms with Crippen LogP contribution in [0.3, 0.4) is 0 Å². The summed E-state index contributed by atoms with van der Waals surface area (Å²) in [5.74, 6) is 0. The molecule has 0 aliphatic carbocycles. The van der Waals surface area contributed by atoms with Crippen molar-refractivity contribution in [2.75, 3.05) is 0 Å². The predicted molar refractivity (Wildman–Crippen MR) is 52.6 cm³/mol. The van der Waals surface area contributed by atoms with Crippen molar-refractivity contribution in [2.24, 2.45) is 0 Å². The van der Waals surface area contributed by atoms with Gasteiger partial charge in [0.25, 0.3) is 0 Å². The lowest BCUT2D eigenvalue weighted by Crippen LogP contribution is -2.48. The first-order valence-electron chi connectivity index (χ1n) is 3.96. The second kappa shape index (κ2) is 4.30. The Labute approximate surface area is 74.8 Å². The van der Waals surface area contributed by atoms with Crippen LogP contribution < -0.4 is 5.32 Å². The van der Waals surface area contributed by atoms with Gasteiger partial charge in [-0.3, -0.25) is 0 Å². The van der Waals surface area contributed by atoms with Crippen molar-refractivity contribution in [2.45, 2.75) is 32.2 Å². The van der Waals surface area contributed by atoms with Crippen molar-refractivity contribution < 1.29 is 9.53 Å². The van der Waals surface area contributed by atoms with Gasteiger partial charge in [0.1, 0.15) is 0 Å². The topological polar surface area (TPSA) is 38.3 Å². The Hall–Kier alpha value is -0.773. The summed E-state index contributed by atoms with van der Waals surface area (Å²) in [6, 6.07) is 0. The predicted octanol–water partition coefficient (Wildman–Crippen LogP) is 2.12. The van der Waals surface area contributed by atoms with E-state index in [1.807, 2.05) is 6.92 Å². The summed E-state index contributed by atoms with van der Waals surface area (Å²) in [7, 11) is -1.30. The number of carbonyl (C=O) groups excluding carboxylic acids is 1. The van der Waals surface area contributed by atoms with Crippen molar-refractivity contribution in [3.05, 3.63) is 12.8 Å². The van der Waals surface area contributed by atoms with Gasteiger partial charge in [0.05, 0.1) is 14.3 Å². The Bertz CT molecular complexity index is 174. The van der Waals surface area contributed by atoms with Gasteiger partial charge in [0.15, 0.2) is 0 Å². The zero-order valence-electron chi connectivity index (χ0n) is 8.18. The average Bonchev–Trinajstić information content (AvgIpc) is 1.85. The van der Waals surface area contributed by atoms with Crippen molar-refractivity contribution in [3.63, 3.8) is 0 Å². The summed E-state index contributed by atoms with van der Waals surface area (Å²) in [5, 5.41) is 2.75. The first-order valence-corrected chi connectivity index (χ1v) is 7.53. The lowest BCUT2D eigenvalue weighted by atomic mass is 10.7. The third-order valence-electron chi connectivity index (χ3n) is 1.82. The van der Waals surface area contributed by atoms with Crippen LogP contribution in [0.15, 0.2) is 12.8 Å². The van der Waals surface area contributed by atoms with E-state index in [1.54, 1.807) is 0 Å². The summed E-state index contributed by atoms with van der Waals surface area (Å²) in [6.45, 7) is 11.9. The molecule has 12 heavy (non-hydrogen) atoms. The van der Waals surface area contributed by atoms with Crippen LogP contribution in [0.2, 0.25) is 19.6 Å². The minimum Gasteiger partial charge on any atom is -0.419 e. The zero-order chi connectivity index (χ0) is 9.78. The number of nitrogens with one attached hydrogen (secondary N) is 1. The van der Waals surface area contributed by atoms with E-state index in [2.05, 4.69) is 36.3 Å². The van der Waals surface area contributed by atoms with E-state index < -0.39 is 14.2 Å². The molecule has 0 aromatic rings. The molecule has 1 amide bonds. The first-order chi connectivity index (χ1) is 5.38. The smallest absolute Gasteiger partial charge is 0.411 e. The highest BCUT2D eigenvalue weighted by Gasteiger charge is 2.23. The molecule has 0 saturated carbocycles. The molecule has 0 aromatic heterocycles. The molecule has 0 heterocycles. The number of amides is 1. The Morgan fingerprint density at radius 2 is 2.08 bits per heavy atom. The van der Waals surface area contributed by atoms with Gasteiger partial charge >= 0.3 is 6.09 Å². The molecule has 0 aromatic carbocycles. The monoisotopic (exact) mass is 187 g/mol. The van der Waals surface area contributed by atoms with Crippen LogP contribution in [0.25, 0.3) is 0 Å². The molecular formula is C8H17NO2Si. The van der Waals surface area contributed by atoms with Gasteiger partial charge in [-0.2, -0.15) is 0 Å². The van der Waals surface area contributed by atoms with E-state index >= 15 is 0 Å². The lowest BCUT2D eigenvalue weighted by Gasteiger charge is -2.25. The van der Waals surface area contributed by atoms with E-state index in [9.17, 15) is 4.79 Å². The zero-order valence-corrected chi connectivity index (χ0v) is 9.18. The molecule has 3 nitrogen and oxygen atoms in total. The maximum atomic E-state index is 10.9. The van der Waals surface area contributed by atoms with E-state index in [1.165, 1.54) is 0 Å². The molecule has 0 bridgehead atoms. The Morgan fingerprint density at radius 1 is 1.58 bits per heavy atom. The number of ether oxygens (including phenoxy) is 1. The number of carbonyl (C=O) groups is 1. The second-order valence-corrected chi connectivity index (χ2v) is 9.40. The number of hydrogen-bond donors (Lipinski definition) is 1. The summed E-state index contributed by atoms with van der Waals surface area (Å²) >= 11 is 0. The molecule has 0 radical (unpaired) electrons. The molecule has 0 spiro atoms. The van der Waals surface area contributed by atoms with Crippen LogP contribution in [-0.4, -0.2) is 19.8 Å². The molecule has 70 valence electrons. The molecule has 1 N–H and O–H groups in total. The molecular weight excluding hydrogens is 170 g/mol. The lowest BCUT2D eigenvalue weighted by molar-refractivity contribution is 0.185. The third-order valence-corrected chi connectivity index (χ3v) is 4.57. The van der Waals surface area contributed by atoms with Gasteiger partial charge in [0.2, 0.25) is 0 Å². The minimum atomic E-state index is -1.30. The van der Waals surface area contributed by atoms with Crippen LogP contribution >= 0.6 is 0 Å². The maximum absolute atomic E-state index is 10.9. The van der Waals surface area contributed by atoms with Gasteiger partial charge in [-0.15, -0.1) is 0 Å². The number of alkyl carbamates (subject to hydrolysis) is 1. The molecule has 0 fully saturated rings. The van der Waals surface area contributed by atoms with Crippen molar-refractivity contribution in [3.8, 4) is 0 Å². The minimum absolute atomic E-state index is 0.213. The standard InChI is InChI=1S/C8H17NO2Si/c1-6-11-8(10)9-7(2)12(3,4)5/h6-7H,1H2,2-5H3,(H,9,10). The van der Waals surface area contributed by atoms with Crippen molar-refractivity contribution in [1.29, 1.82) is 0 Å². The molecule has 0 aliphatic heterocycles. The highest BCUT2D eigenvalue weighted by molar-refractivity contribution is 6.77. The van der Waals surface area contributed by atoms with Crippen molar-refractivity contribution in [1.82, 2.24) is 5.32 Å². The summed E-state index contributed by atoms with van der Waals surface area (Å²) in [4.78, 5) is 10.9. The summed E-state index contributed by atoms with van der Waals surface area (Å²) in [6.07, 6.45) is 0.714. The SMILES string of the molecule is C=COC(=O)NC(C)[Si](C)(C)C. The Kier molecular flexibility index (Phi) is 4.02. The van der Waals surface area contributed by atoms with Crippen LogP contribution in [0, 0.1) is 0 Å². The Morgan fingerprint density at radius 3 is 2.42 bits per heavy atom. The van der Waals surface area contributed by atoms with Gasteiger partial charge < -0.3 is 10.1 Å². The largest absolute Gasteiger partial charge is 0.419 e. The fourth-order valence-corrected chi connectivity index (χ4v) is 1.05. The molecule has 1 atom stereocenters. The van der Waals surface area contributed by atoms with Crippen molar-refractivity contribution >= 4 is 14.2 Å². The molecule has 0 rings (SSSR count). The highest BCUT2D eigenvalue weighted by Crippen LogP contribution is 2.06. The van der Waals surface area contributed by atoms with E-state index in [4.69, 9.17) is 0 Å². The van der Waals surface area contributed by atoms with E-state index in [0.29, 0.717) is 0 Å². The van der Waals surface area contributed by atoms with E-state index in [0.717, 1.165) is 6.26 Å². The fraction of sp³-hybridized carbons (Fsp3) is 0.625. The van der Waals surface area contributed by atoms with Gasteiger partial charge in [-0.25, -0.2) is 4.79 Å². The first kappa shape index (κ1) is 11.2. The summed E-state index contributed by atoms with van der Waals surface area (Å²) in [5.41, 5.74) is 0.213. The van der Waals surface area contributed by atoms with Gasteiger partial charge in [0, 0.05) is 5.67 Å². The molecule has 0 aliphatic rings. The van der Waals surface area contributed by atoms with Crippen LogP contribution in [0.5, 0.6) is 0 Å². The normalized spacial score (nSPS) is 13.3. The third kappa shape index (κ3) is 4.18. The number of hydrogen-bond acceptors (Lipinski definition) is 2. The molecule has 4 heteroatoms. The molecule has 0 saturated heterocycles. The van der Waals surface area contributed by atoms with Crippen LogP contribution in [-0.2, 0) is 4.74 Å². The molecule has 1 unspecified atom stereocenters. The quantitative estimate of drug-likeness (QED) is 0.543. The average molecular weight is 187 g/mol. The second-order valence-electron chi connectivity index (χ2n) is 3.80. The van der Waals surface area contributed by atoms with Gasteiger partial charge in [-0.1, -0.05) is 26.2 Å². The van der Waals surface area contributed by atoms with Crippen LogP contribution in [0.1, 0.15) is 6.92 Å².